The second kappa shape index (κ2) is 9.58. The van der Waals surface area contributed by atoms with Gasteiger partial charge in [0.2, 0.25) is 5.91 Å². The van der Waals surface area contributed by atoms with Gasteiger partial charge >= 0.3 is 0 Å². The van der Waals surface area contributed by atoms with Crippen molar-refractivity contribution in [3.8, 4) is 11.8 Å². The van der Waals surface area contributed by atoms with Crippen molar-refractivity contribution in [2.75, 3.05) is 11.9 Å². The highest BCUT2D eigenvalue weighted by molar-refractivity contribution is 7.12. The number of carbonyl (C=O) groups excluding carboxylic acids is 3. The van der Waals surface area contributed by atoms with Crippen molar-refractivity contribution in [2.45, 2.75) is 17.5 Å². The number of para-hydroxylation sites is 1. The molecular weight excluding hydrogens is 534 g/mol. The highest BCUT2D eigenvalue weighted by Gasteiger charge is 2.70. The summed E-state index contributed by atoms with van der Waals surface area (Å²) in [6.45, 7) is -0.115. The molecule has 4 aromatic rings. The Hall–Kier alpha value is -5.00. The van der Waals surface area contributed by atoms with Gasteiger partial charge in [0.1, 0.15) is 23.3 Å². The fourth-order valence-corrected chi connectivity index (χ4v) is 7.44. The predicted molar refractivity (Wildman–Crippen MR) is 155 cm³/mol. The average Bonchev–Trinajstić information content (AvgIpc) is 3.72. The smallest absolute Gasteiger partial charge is 0.238 e. The SMILES string of the molecule is N#CCOc1ccc(C(=O)C2C(C(=O)c3cccs3)N3C=Cc4ccccc4C3C23C(=O)Nc2ccccc23)cc1. The van der Waals surface area contributed by atoms with Crippen molar-refractivity contribution in [3.63, 3.8) is 0 Å². The van der Waals surface area contributed by atoms with E-state index in [9.17, 15) is 14.4 Å². The molecule has 7 rings (SSSR count). The van der Waals surface area contributed by atoms with Crippen LogP contribution in [0.25, 0.3) is 6.08 Å². The third kappa shape index (κ3) is 3.59. The first-order valence-electron chi connectivity index (χ1n) is 13.2. The Bertz CT molecular complexity index is 1770. The van der Waals surface area contributed by atoms with Gasteiger partial charge in [-0.15, -0.1) is 11.3 Å². The van der Waals surface area contributed by atoms with Crippen molar-refractivity contribution in [1.82, 2.24) is 4.90 Å². The number of Topliss-reactive ketones (excluding diaryl/α,β-unsaturated/α-hetero) is 2. The Morgan fingerprint density at radius 2 is 1.76 bits per heavy atom. The Morgan fingerprint density at radius 3 is 2.54 bits per heavy atom. The summed E-state index contributed by atoms with van der Waals surface area (Å²) in [7, 11) is 0. The van der Waals surface area contributed by atoms with E-state index in [1.54, 1.807) is 30.3 Å². The number of anilines is 1. The second-order valence-corrected chi connectivity index (χ2v) is 11.2. The van der Waals surface area contributed by atoms with Crippen LogP contribution in [0.4, 0.5) is 5.69 Å². The third-order valence-corrected chi connectivity index (χ3v) is 9.21. The van der Waals surface area contributed by atoms with Crippen LogP contribution in [0.15, 0.2) is 96.5 Å². The number of rotatable bonds is 6. The van der Waals surface area contributed by atoms with Crippen LogP contribution in [-0.4, -0.2) is 35.0 Å². The van der Waals surface area contributed by atoms with Crippen LogP contribution in [0.2, 0.25) is 0 Å². The summed E-state index contributed by atoms with van der Waals surface area (Å²) in [5, 5.41) is 13.8. The lowest BCUT2D eigenvalue weighted by atomic mass is 9.63. The molecule has 7 nitrogen and oxygen atoms in total. The first-order valence-corrected chi connectivity index (χ1v) is 14.1. The van der Waals surface area contributed by atoms with Gasteiger partial charge in [0.25, 0.3) is 0 Å². The molecule has 1 N–H and O–H groups in total. The molecule has 4 heterocycles. The maximum Gasteiger partial charge on any atom is 0.238 e. The number of hydrogen-bond acceptors (Lipinski definition) is 7. The lowest BCUT2D eigenvalue weighted by molar-refractivity contribution is -0.122. The Morgan fingerprint density at radius 1 is 0.976 bits per heavy atom. The van der Waals surface area contributed by atoms with Gasteiger partial charge in [-0.1, -0.05) is 48.5 Å². The summed E-state index contributed by atoms with van der Waals surface area (Å²) in [5.74, 6) is -1.39. The predicted octanol–water partition coefficient (Wildman–Crippen LogP) is 5.63. The molecule has 1 fully saturated rings. The van der Waals surface area contributed by atoms with Crippen LogP contribution in [0.3, 0.4) is 0 Å². The molecule has 1 amide bonds. The number of carbonyl (C=O) groups is 3. The van der Waals surface area contributed by atoms with Gasteiger partial charge in [0, 0.05) is 17.5 Å². The first-order chi connectivity index (χ1) is 20.1. The average molecular weight is 558 g/mol. The Labute approximate surface area is 240 Å². The molecule has 3 aliphatic rings. The highest BCUT2D eigenvalue weighted by atomic mass is 32.1. The fourth-order valence-electron chi connectivity index (χ4n) is 6.74. The number of fused-ring (bicyclic) bond motifs is 6. The minimum absolute atomic E-state index is 0.115. The van der Waals surface area contributed by atoms with Gasteiger partial charge in [-0.3, -0.25) is 14.4 Å². The molecule has 0 radical (unpaired) electrons. The van der Waals surface area contributed by atoms with E-state index in [1.165, 1.54) is 11.3 Å². The van der Waals surface area contributed by atoms with Crippen molar-refractivity contribution < 1.29 is 19.1 Å². The lowest BCUT2D eigenvalue weighted by Crippen LogP contribution is -2.49. The van der Waals surface area contributed by atoms with Crippen LogP contribution < -0.4 is 10.1 Å². The van der Waals surface area contributed by atoms with Gasteiger partial charge in [-0.25, -0.2) is 0 Å². The molecule has 3 aliphatic heterocycles. The van der Waals surface area contributed by atoms with Crippen molar-refractivity contribution >= 4 is 40.6 Å². The second-order valence-electron chi connectivity index (χ2n) is 10.3. The molecule has 4 atom stereocenters. The molecule has 8 heteroatoms. The number of thiophene rings is 1. The van der Waals surface area contributed by atoms with E-state index in [1.807, 2.05) is 83.2 Å². The number of nitrogens with zero attached hydrogens (tertiary/aromatic N) is 2. The lowest BCUT2D eigenvalue weighted by Gasteiger charge is -2.38. The monoisotopic (exact) mass is 557 g/mol. The van der Waals surface area contributed by atoms with Crippen LogP contribution in [0.1, 0.15) is 42.8 Å². The molecule has 0 bridgehead atoms. The Balaban J connectivity index is 1.48. The van der Waals surface area contributed by atoms with E-state index < -0.39 is 23.4 Å². The number of ketones is 2. The van der Waals surface area contributed by atoms with Gasteiger partial charge in [0.15, 0.2) is 18.2 Å². The molecule has 41 heavy (non-hydrogen) atoms. The van der Waals surface area contributed by atoms with Crippen LogP contribution in [0.5, 0.6) is 5.75 Å². The van der Waals surface area contributed by atoms with Crippen molar-refractivity contribution in [1.29, 1.82) is 5.26 Å². The van der Waals surface area contributed by atoms with E-state index in [0.29, 0.717) is 27.4 Å². The quantitative estimate of drug-likeness (QED) is 0.309. The summed E-state index contributed by atoms with van der Waals surface area (Å²) in [5.41, 5.74) is 2.17. The molecule has 0 saturated carbocycles. The zero-order chi connectivity index (χ0) is 28.1. The standard InChI is InChI=1S/C33H23N3O4S/c34-16-18-40-22-13-11-21(12-14-22)29(37)27-28(30(38)26-10-5-19-41-26)36-17-15-20-6-1-2-7-23(20)31(36)33(27)24-8-3-4-9-25(24)35-32(33)39/h1-15,17,19,27-28,31H,18H2,(H,35,39). The van der Waals surface area contributed by atoms with Gasteiger partial charge in [-0.05, 0) is 64.5 Å². The van der Waals surface area contributed by atoms with Gasteiger partial charge in [-0.2, -0.15) is 5.26 Å². The summed E-state index contributed by atoms with van der Waals surface area (Å²) in [6, 6.07) is 25.8. The van der Waals surface area contributed by atoms with Gasteiger partial charge < -0.3 is 15.0 Å². The number of hydrogen-bond donors (Lipinski definition) is 1. The largest absolute Gasteiger partial charge is 0.479 e. The summed E-state index contributed by atoms with van der Waals surface area (Å²) in [6.07, 6.45) is 3.81. The minimum Gasteiger partial charge on any atom is -0.479 e. The molecular formula is C33H23N3O4S. The number of nitriles is 1. The molecule has 200 valence electrons. The summed E-state index contributed by atoms with van der Waals surface area (Å²) < 4.78 is 5.39. The van der Waals surface area contributed by atoms with E-state index in [4.69, 9.17) is 10.00 Å². The zero-order valence-electron chi connectivity index (χ0n) is 21.7. The maximum atomic E-state index is 14.8. The third-order valence-electron chi connectivity index (χ3n) is 8.33. The summed E-state index contributed by atoms with van der Waals surface area (Å²) >= 11 is 1.32. The fraction of sp³-hybridized carbons (Fsp3) is 0.152. The van der Waals surface area contributed by atoms with E-state index in [0.717, 1.165) is 11.1 Å². The molecule has 1 aromatic heterocycles. The minimum atomic E-state index is -1.37. The van der Waals surface area contributed by atoms with Crippen LogP contribution in [0, 0.1) is 17.2 Å². The number of nitrogens with one attached hydrogen (secondary N) is 1. The molecule has 4 unspecified atom stereocenters. The van der Waals surface area contributed by atoms with Crippen molar-refractivity contribution in [2.24, 2.45) is 5.92 Å². The zero-order valence-corrected chi connectivity index (χ0v) is 22.5. The molecule has 1 spiro atoms. The van der Waals surface area contributed by atoms with Crippen LogP contribution >= 0.6 is 11.3 Å². The molecule has 3 aromatic carbocycles. The van der Waals surface area contributed by atoms with E-state index >= 15 is 0 Å². The highest BCUT2D eigenvalue weighted by Crippen LogP contribution is 2.62. The number of benzene rings is 3. The molecule has 0 aliphatic carbocycles. The maximum absolute atomic E-state index is 14.8. The number of amides is 1. The normalized spacial score (nSPS) is 23.3. The van der Waals surface area contributed by atoms with E-state index in [2.05, 4.69) is 5.32 Å². The number of ether oxygens (including phenoxy) is 1. The topological polar surface area (TPSA) is 99.5 Å². The van der Waals surface area contributed by atoms with Crippen LogP contribution in [-0.2, 0) is 10.2 Å². The summed E-state index contributed by atoms with van der Waals surface area (Å²) in [4.78, 5) is 46.0. The van der Waals surface area contributed by atoms with E-state index in [-0.39, 0.29) is 24.1 Å². The van der Waals surface area contributed by atoms with Crippen molar-refractivity contribution in [3.05, 3.63) is 124 Å². The van der Waals surface area contributed by atoms with Gasteiger partial charge in [0.05, 0.1) is 16.8 Å². The first kappa shape index (κ1) is 25.0. The molecule has 1 saturated heterocycles. The Kier molecular flexibility index (Phi) is 5.84.